The predicted molar refractivity (Wildman–Crippen MR) is 92.0 cm³/mol. The van der Waals surface area contributed by atoms with E-state index >= 15 is 0 Å². The fourth-order valence-corrected chi connectivity index (χ4v) is 2.11. The Bertz CT molecular complexity index is 470. The van der Waals surface area contributed by atoms with Gasteiger partial charge >= 0.3 is 0 Å². The first-order valence-electron chi connectivity index (χ1n) is 7.20. The lowest BCUT2D eigenvalue weighted by atomic mass is 10.2. The van der Waals surface area contributed by atoms with Crippen molar-refractivity contribution in [1.82, 2.24) is 10.6 Å². The highest BCUT2D eigenvalue weighted by molar-refractivity contribution is 6.35. The molecule has 22 heavy (non-hydrogen) atoms. The van der Waals surface area contributed by atoms with E-state index in [1.165, 1.54) is 0 Å². The highest BCUT2D eigenvalue weighted by Crippen LogP contribution is 2.21. The molecule has 0 radical (unpaired) electrons. The van der Waals surface area contributed by atoms with Crippen LogP contribution in [-0.2, 0) is 16.0 Å². The van der Waals surface area contributed by atoms with E-state index in [2.05, 4.69) is 15.6 Å². The van der Waals surface area contributed by atoms with Crippen LogP contribution in [0.25, 0.3) is 0 Å². The van der Waals surface area contributed by atoms with Crippen LogP contribution in [0.5, 0.6) is 0 Å². The summed E-state index contributed by atoms with van der Waals surface area (Å²) in [5.41, 5.74) is 0.930. The van der Waals surface area contributed by atoms with Gasteiger partial charge in [-0.15, -0.1) is 0 Å². The van der Waals surface area contributed by atoms with Crippen molar-refractivity contribution in [2.24, 2.45) is 4.99 Å². The van der Waals surface area contributed by atoms with Crippen LogP contribution in [-0.4, -0.2) is 46.0 Å². The molecule has 5 nitrogen and oxygen atoms in total. The normalized spacial score (nSPS) is 11.5. The summed E-state index contributed by atoms with van der Waals surface area (Å²) in [4.78, 5) is 4.49. The highest BCUT2D eigenvalue weighted by Gasteiger charge is 2.02. The number of hydrogen-bond donors (Lipinski definition) is 2. The second kappa shape index (κ2) is 11.5. The van der Waals surface area contributed by atoms with Crippen LogP contribution in [0, 0.1) is 0 Å². The molecule has 0 saturated carbocycles. The first-order valence-corrected chi connectivity index (χ1v) is 7.95. The fourth-order valence-electron chi connectivity index (χ4n) is 1.64. The summed E-state index contributed by atoms with van der Waals surface area (Å²) in [6.45, 7) is 5.73. The van der Waals surface area contributed by atoms with E-state index in [1.54, 1.807) is 13.2 Å². The summed E-state index contributed by atoms with van der Waals surface area (Å²) >= 11 is 12.0. The minimum absolute atomic E-state index is 0.482. The average molecular weight is 348 g/mol. The van der Waals surface area contributed by atoms with E-state index in [4.69, 9.17) is 32.7 Å². The Labute approximate surface area is 142 Å². The van der Waals surface area contributed by atoms with Crippen molar-refractivity contribution < 1.29 is 9.47 Å². The number of hydrogen-bond acceptors (Lipinski definition) is 3. The van der Waals surface area contributed by atoms with Crippen LogP contribution in [0.15, 0.2) is 23.2 Å². The molecule has 0 amide bonds. The van der Waals surface area contributed by atoms with E-state index < -0.39 is 0 Å². The zero-order chi connectivity index (χ0) is 16.2. The van der Waals surface area contributed by atoms with Crippen LogP contribution in [0.2, 0.25) is 10.0 Å². The molecule has 0 heterocycles. The molecule has 1 rings (SSSR count). The molecule has 0 spiro atoms. The van der Waals surface area contributed by atoms with Crippen LogP contribution in [0.4, 0.5) is 0 Å². The molecule has 0 saturated heterocycles. The zero-order valence-corrected chi connectivity index (χ0v) is 14.5. The Morgan fingerprint density at radius 2 is 2.00 bits per heavy atom. The maximum Gasteiger partial charge on any atom is 0.191 e. The SMILES string of the molecule is CCNC(=NCc1ccc(Cl)cc1Cl)NCCOCCOC. The van der Waals surface area contributed by atoms with Gasteiger partial charge in [0.15, 0.2) is 5.96 Å². The third kappa shape index (κ3) is 7.84. The quantitative estimate of drug-likeness (QED) is 0.409. The predicted octanol–water partition coefficient (Wildman–Crippen LogP) is 2.71. The summed E-state index contributed by atoms with van der Waals surface area (Å²) in [6, 6.07) is 5.41. The van der Waals surface area contributed by atoms with Crippen LogP contribution >= 0.6 is 23.2 Å². The van der Waals surface area contributed by atoms with Gasteiger partial charge in [0.05, 0.1) is 26.4 Å². The van der Waals surface area contributed by atoms with Crippen LogP contribution in [0.3, 0.4) is 0 Å². The standard InChI is InChI=1S/C15H23Cl2N3O2/c1-3-18-15(19-6-7-22-9-8-21-2)20-11-12-4-5-13(16)10-14(12)17/h4-5,10H,3,6-9,11H2,1-2H3,(H2,18,19,20). The molecule has 0 aliphatic heterocycles. The van der Waals surface area contributed by atoms with Crippen LogP contribution < -0.4 is 10.6 Å². The third-order valence-electron chi connectivity index (χ3n) is 2.74. The van der Waals surface area contributed by atoms with Crippen molar-refractivity contribution in [2.45, 2.75) is 13.5 Å². The number of ether oxygens (including phenoxy) is 2. The maximum atomic E-state index is 6.14. The summed E-state index contributed by atoms with van der Waals surface area (Å²) in [7, 11) is 1.65. The smallest absolute Gasteiger partial charge is 0.191 e. The number of nitrogens with one attached hydrogen (secondary N) is 2. The van der Waals surface area contributed by atoms with E-state index in [9.17, 15) is 0 Å². The largest absolute Gasteiger partial charge is 0.382 e. The fraction of sp³-hybridized carbons (Fsp3) is 0.533. The van der Waals surface area contributed by atoms with Gasteiger partial charge in [-0.25, -0.2) is 4.99 Å². The van der Waals surface area contributed by atoms with Gasteiger partial charge in [0.25, 0.3) is 0 Å². The highest BCUT2D eigenvalue weighted by atomic mass is 35.5. The lowest BCUT2D eigenvalue weighted by Crippen LogP contribution is -2.39. The molecular weight excluding hydrogens is 325 g/mol. The average Bonchev–Trinajstić information content (AvgIpc) is 2.49. The van der Waals surface area contributed by atoms with Gasteiger partial charge in [0.2, 0.25) is 0 Å². The lowest BCUT2D eigenvalue weighted by Gasteiger charge is -2.12. The monoisotopic (exact) mass is 347 g/mol. The molecule has 0 atom stereocenters. The van der Waals surface area contributed by atoms with Crippen molar-refractivity contribution in [2.75, 3.05) is 40.0 Å². The van der Waals surface area contributed by atoms with E-state index in [0.29, 0.717) is 43.0 Å². The van der Waals surface area contributed by atoms with Gasteiger partial charge in [0, 0.05) is 30.2 Å². The number of nitrogens with zero attached hydrogens (tertiary/aromatic N) is 1. The molecule has 0 aromatic heterocycles. The van der Waals surface area contributed by atoms with Crippen molar-refractivity contribution in [3.63, 3.8) is 0 Å². The first kappa shape index (κ1) is 19.0. The molecule has 2 N–H and O–H groups in total. The molecule has 0 unspecified atom stereocenters. The minimum atomic E-state index is 0.482. The molecular formula is C15H23Cl2N3O2. The number of methoxy groups -OCH3 is 1. The summed E-state index contributed by atoms with van der Waals surface area (Å²) < 4.78 is 10.3. The van der Waals surface area contributed by atoms with E-state index in [1.807, 2.05) is 19.1 Å². The first-order chi connectivity index (χ1) is 10.7. The van der Waals surface area contributed by atoms with Gasteiger partial charge in [-0.05, 0) is 24.6 Å². The Morgan fingerprint density at radius 3 is 2.68 bits per heavy atom. The second-order valence-electron chi connectivity index (χ2n) is 4.46. The van der Waals surface area contributed by atoms with E-state index in [-0.39, 0.29) is 0 Å². The third-order valence-corrected chi connectivity index (χ3v) is 3.32. The number of benzene rings is 1. The molecule has 0 bridgehead atoms. The topological polar surface area (TPSA) is 54.9 Å². The lowest BCUT2D eigenvalue weighted by molar-refractivity contribution is 0.0733. The Kier molecular flexibility index (Phi) is 9.99. The Morgan fingerprint density at radius 1 is 1.18 bits per heavy atom. The minimum Gasteiger partial charge on any atom is -0.382 e. The molecule has 1 aromatic carbocycles. The molecule has 124 valence electrons. The number of aliphatic imine (C=N–C) groups is 1. The molecule has 0 fully saturated rings. The van der Waals surface area contributed by atoms with Crippen molar-refractivity contribution in [3.05, 3.63) is 33.8 Å². The van der Waals surface area contributed by atoms with Gasteiger partial charge < -0.3 is 20.1 Å². The summed E-state index contributed by atoms with van der Waals surface area (Å²) in [5.74, 6) is 0.726. The van der Waals surface area contributed by atoms with Gasteiger partial charge in [-0.3, -0.25) is 0 Å². The summed E-state index contributed by atoms with van der Waals surface area (Å²) in [6.07, 6.45) is 0. The number of rotatable bonds is 9. The maximum absolute atomic E-state index is 6.14. The van der Waals surface area contributed by atoms with Gasteiger partial charge in [-0.1, -0.05) is 29.3 Å². The second-order valence-corrected chi connectivity index (χ2v) is 5.31. The van der Waals surface area contributed by atoms with Crippen LogP contribution in [0.1, 0.15) is 12.5 Å². The Balaban J connectivity index is 2.44. The zero-order valence-electron chi connectivity index (χ0n) is 13.0. The van der Waals surface area contributed by atoms with Crippen molar-refractivity contribution in [3.8, 4) is 0 Å². The van der Waals surface area contributed by atoms with Crippen molar-refractivity contribution >= 4 is 29.2 Å². The Hall–Kier alpha value is -1.01. The molecule has 1 aromatic rings. The molecule has 0 aliphatic rings. The number of halogens is 2. The molecule has 7 heteroatoms. The van der Waals surface area contributed by atoms with Gasteiger partial charge in [-0.2, -0.15) is 0 Å². The number of guanidine groups is 1. The summed E-state index contributed by atoms with van der Waals surface area (Å²) in [5, 5.41) is 7.62. The van der Waals surface area contributed by atoms with Gasteiger partial charge in [0.1, 0.15) is 0 Å². The molecule has 0 aliphatic carbocycles. The van der Waals surface area contributed by atoms with E-state index in [0.717, 1.165) is 18.1 Å². The van der Waals surface area contributed by atoms with Crippen molar-refractivity contribution in [1.29, 1.82) is 0 Å².